The van der Waals surface area contributed by atoms with Crippen molar-refractivity contribution in [2.75, 3.05) is 29.0 Å². The molecule has 1 fully saturated rings. The van der Waals surface area contributed by atoms with E-state index < -0.39 is 23.9 Å². The number of nitrogens with two attached hydrogens (primary N) is 1. The zero-order valence-corrected chi connectivity index (χ0v) is 20.8. The number of carbonyl (C=O) groups excluding carboxylic acids is 1. The summed E-state index contributed by atoms with van der Waals surface area (Å²) in [5, 5.41) is 6.04. The van der Waals surface area contributed by atoms with Gasteiger partial charge in [0.2, 0.25) is 0 Å². The van der Waals surface area contributed by atoms with Crippen molar-refractivity contribution >= 4 is 44.8 Å². The van der Waals surface area contributed by atoms with Gasteiger partial charge in [0.15, 0.2) is 0 Å². The summed E-state index contributed by atoms with van der Waals surface area (Å²) in [5.41, 5.74) is 8.89. The van der Waals surface area contributed by atoms with Crippen LogP contribution in [0.1, 0.15) is 39.8 Å². The molecule has 8 nitrogen and oxygen atoms in total. The van der Waals surface area contributed by atoms with E-state index in [0.717, 1.165) is 11.4 Å². The van der Waals surface area contributed by atoms with Crippen LogP contribution in [-0.2, 0) is 4.74 Å². The number of amides is 1. The van der Waals surface area contributed by atoms with Crippen LogP contribution in [0.2, 0.25) is 0 Å². The zero-order valence-electron chi connectivity index (χ0n) is 19.2. The molecule has 0 saturated carbocycles. The molecule has 33 heavy (non-hydrogen) atoms. The number of alkyl carbamates (subject to hydrolysis) is 1. The van der Waals surface area contributed by atoms with E-state index >= 15 is 0 Å². The van der Waals surface area contributed by atoms with Gasteiger partial charge in [-0.15, -0.1) is 0 Å². The minimum Gasteiger partial charge on any atom is -0.444 e. The number of carbonyl (C=O) groups is 1. The summed E-state index contributed by atoms with van der Waals surface area (Å²) in [4.78, 5) is 23.0. The molecule has 0 radical (unpaired) electrons. The number of ether oxygens (including phenoxy) is 1. The molecule has 10 heteroatoms. The molecule has 0 aromatic carbocycles. The summed E-state index contributed by atoms with van der Waals surface area (Å²) in [6, 6.07) is 4.72. The smallest absolute Gasteiger partial charge is 0.408 e. The summed E-state index contributed by atoms with van der Waals surface area (Å²) in [6.45, 7) is 7.99. The molecule has 178 valence electrons. The number of piperidine rings is 1. The van der Waals surface area contributed by atoms with Gasteiger partial charge in [-0.3, -0.25) is 4.98 Å². The second-order valence-corrected chi connectivity index (χ2v) is 9.61. The number of hydrogen-bond acceptors (Lipinski definition) is 7. The van der Waals surface area contributed by atoms with E-state index in [0.29, 0.717) is 34.8 Å². The number of nitrogens with one attached hydrogen (secondary N) is 2. The highest BCUT2D eigenvalue weighted by molar-refractivity contribution is 9.10. The van der Waals surface area contributed by atoms with Crippen LogP contribution in [0.4, 0.5) is 26.2 Å². The molecule has 0 bridgehead atoms. The number of hydrogen-bond donors (Lipinski definition) is 3. The summed E-state index contributed by atoms with van der Waals surface area (Å²) in [5.74, 6) is 0. The van der Waals surface area contributed by atoms with E-state index in [1.165, 1.54) is 0 Å². The molecule has 0 spiro atoms. The lowest BCUT2D eigenvalue weighted by molar-refractivity contribution is 0.0466. The third kappa shape index (κ3) is 6.56. The number of allylic oxidation sites excluding steroid dienone is 1. The first-order chi connectivity index (χ1) is 15.6. The van der Waals surface area contributed by atoms with Crippen molar-refractivity contribution in [2.45, 2.75) is 51.9 Å². The van der Waals surface area contributed by atoms with E-state index in [-0.39, 0.29) is 6.42 Å². The third-order valence-corrected chi connectivity index (χ3v) is 5.52. The van der Waals surface area contributed by atoms with Gasteiger partial charge in [0.1, 0.15) is 22.1 Å². The molecule has 2 atom stereocenters. The average Bonchev–Trinajstić information content (AvgIpc) is 2.74. The molecule has 0 unspecified atom stereocenters. The van der Waals surface area contributed by atoms with Gasteiger partial charge in [-0.1, -0.05) is 6.08 Å². The SMILES string of the molecule is CC=C(Nc1cnccc1N1CC[C@@H](F)[C@H](NC(=O)OC(C)(C)C)C1)c1nc(Br)ccc1N. The van der Waals surface area contributed by atoms with E-state index in [9.17, 15) is 9.18 Å². The normalized spacial score (nSPS) is 19.2. The summed E-state index contributed by atoms with van der Waals surface area (Å²) < 4.78 is 20.6. The minimum atomic E-state index is -1.16. The molecular formula is C23H30BrFN6O2. The monoisotopic (exact) mass is 520 g/mol. The Kier molecular flexibility index (Phi) is 7.78. The first-order valence-electron chi connectivity index (χ1n) is 10.8. The maximum atomic E-state index is 14.6. The number of aromatic nitrogens is 2. The van der Waals surface area contributed by atoms with Crippen LogP contribution in [0, 0.1) is 0 Å². The maximum Gasteiger partial charge on any atom is 0.408 e. The van der Waals surface area contributed by atoms with Crippen LogP contribution >= 0.6 is 15.9 Å². The number of rotatable bonds is 5. The fourth-order valence-corrected chi connectivity index (χ4v) is 3.88. The molecule has 1 aliphatic rings. The van der Waals surface area contributed by atoms with Crippen LogP contribution in [0.25, 0.3) is 5.70 Å². The van der Waals surface area contributed by atoms with Crippen LogP contribution in [-0.4, -0.2) is 47.0 Å². The van der Waals surface area contributed by atoms with Gasteiger partial charge in [-0.05, 0) is 68.2 Å². The lowest BCUT2D eigenvalue weighted by atomic mass is 10.0. The van der Waals surface area contributed by atoms with E-state index in [1.54, 1.807) is 45.3 Å². The molecule has 2 aromatic heterocycles. The quantitative estimate of drug-likeness (QED) is 0.489. The molecular weight excluding hydrogens is 491 g/mol. The number of halogens is 2. The standard InChI is InChI=1S/C23H30BrFN6O2/c1-5-16(21-15(26)6-7-20(24)30-21)28-17-12-27-10-8-19(17)31-11-9-14(25)18(13-31)29-22(32)33-23(2,3)4/h5-8,10,12,14,18,28H,9,11,13,26H2,1-4H3,(H,29,32)/t14-,18-/m1/s1. The number of alkyl halides is 1. The largest absolute Gasteiger partial charge is 0.444 e. The maximum absolute atomic E-state index is 14.6. The van der Waals surface area contributed by atoms with Crippen molar-refractivity contribution in [3.8, 4) is 0 Å². The lowest BCUT2D eigenvalue weighted by Crippen LogP contribution is -2.54. The molecule has 4 N–H and O–H groups in total. The van der Waals surface area contributed by atoms with Gasteiger partial charge >= 0.3 is 6.09 Å². The second-order valence-electron chi connectivity index (χ2n) is 8.80. The van der Waals surface area contributed by atoms with Crippen molar-refractivity contribution in [1.82, 2.24) is 15.3 Å². The Hall–Kier alpha value is -2.88. The van der Waals surface area contributed by atoms with Gasteiger partial charge in [0.25, 0.3) is 0 Å². The predicted octanol–water partition coefficient (Wildman–Crippen LogP) is 4.74. The van der Waals surface area contributed by atoms with Crippen molar-refractivity contribution < 1.29 is 13.9 Å². The predicted molar refractivity (Wildman–Crippen MR) is 133 cm³/mol. The van der Waals surface area contributed by atoms with Gasteiger partial charge in [-0.2, -0.15) is 0 Å². The molecule has 2 aromatic rings. The molecule has 1 amide bonds. The number of nitrogen functional groups attached to an aromatic ring is 1. The summed E-state index contributed by atoms with van der Waals surface area (Å²) >= 11 is 3.38. The van der Waals surface area contributed by atoms with Crippen molar-refractivity contribution in [2.24, 2.45) is 0 Å². The number of pyridine rings is 2. The van der Waals surface area contributed by atoms with Crippen LogP contribution in [0.5, 0.6) is 0 Å². The van der Waals surface area contributed by atoms with Gasteiger partial charge in [0, 0.05) is 19.3 Å². The Bertz CT molecular complexity index is 1030. The van der Waals surface area contributed by atoms with Crippen molar-refractivity contribution in [1.29, 1.82) is 0 Å². The molecule has 3 rings (SSSR count). The minimum absolute atomic E-state index is 0.277. The van der Waals surface area contributed by atoms with E-state index in [2.05, 4.69) is 36.5 Å². The van der Waals surface area contributed by atoms with Crippen molar-refractivity contribution in [3.63, 3.8) is 0 Å². The Morgan fingerprint density at radius 3 is 2.82 bits per heavy atom. The number of anilines is 3. The number of nitrogens with zero attached hydrogens (tertiary/aromatic N) is 3. The van der Waals surface area contributed by atoms with Crippen LogP contribution in [0.3, 0.4) is 0 Å². The second kappa shape index (κ2) is 10.4. The van der Waals surface area contributed by atoms with Gasteiger partial charge in [0.05, 0.1) is 35.0 Å². The highest BCUT2D eigenvalue weighted by Crippen LogP contribution is 2.32. The fourth-order valence-electron chi connectivity index (χ4n) is 3.57. The molecule has 0 aliphatic carbocycles. The summed E-state index contributed by atoms with van der Waals surface area (Å²) in [6.07, 6.45) is 3.74. The Labute approximate surface area is 201 Å². The van der Waals surface area contributed by atoms with E-state index in [1.807, 2.05) is 24.0 Å². The Morgan fingerprint density at radius 2 is 2.12 bits per heavy atom. The Morgan fingerprint density at radius 1 is 1.36 bits per heavy atom. The van der Waals surface area contributed by atoms with E-state index in [4.69, 9.17) is 10.5 Å². The van der Waals surface area contributed by atoms with Crippen molar-refractivity contribution in [3.05, 3.63) is 47.0 Å². The van der Waals surface area contributed by atoms with Gasteiger partial charge < -0.3 is 26.0 Å². The molecule has 1 aliphatic heterocycles. The summed E-state index contributed by atoms with van der Waals surface area (Å²) in [7, 11) is 0. The van der Waals surface area contributed by atoms with Crippen LogP contribution in [0.15, 0.2) is 41.3 Å². The lowest BCUT2D eigenvalue weighted by Gasteiger charge is -2.37. The first-order valence-corrected chi connectivity index (χ1v) is 11.5. The highest BCUT2D eigenvalue weighted by atomic mass is 79.9. The molecule has 3 heterocycles. The Balaban J connectivity index is 1.80. The molecule has 1 saturated heterocycles. The highest BCUT2D eigenvalue weighted by Gasteiger charge is 2.32. The zero-order chi connectivity index (χ0) is 24.2. The van der Waals surface area contributed by atoms with Crippen LogP contribution < -0.4 is 21.3 Å². The topological polar surface area (TPSA) is 105 Å². The fraction of sp³-hybridized carbons (Fsp3) is 0.435. The average molecular weight is 521 g/mol. The first kappa shape index (κ1) is 24.8. The third-order valence-electron chi connectivity index (χ3n) is 5.07. The van der Waals surface area contributed by atoms with Gasteiger partial charge in [-0.25, -0.2) is 14.2 Å².